The van der Waals surface area contributed by atoms with Crippen molar-refractivity contribution in [1.82, 2.24) is 4.98 Å². The molecule has 1 unspecified atom stereocenters. The Morgan fingerprint density at radius 2 is 1.74 bits per heavy atom. The number of para-hydroxylation sites is 1. The Morgan fingerprint density at radius 1 is 1.09 bits per heavy atom. The minimum absolute atomic E-state index is 0.0117. The molecule has 2 N–H and O–H groups in total. The van der Waals surface area contributed by atoms with E-state index in [4.69, 9.17) is 26.8 Å². The molecule has 1 aliphatic heterocycles. The van der Waals surface area contributed by atoms with Gasteiger partial charge in [0.15, 0.2) is 0 Å². The number of aryl methyl sites for hydroxylation is 1. The van der Waals surface area contributed by atoms with Gasteiger partial charge in [-0.1, -0.05) is 47.5 Å². The van der Waals surface area contributed by atoms with Crippen LogP contribution in [-0.2, 0) is 19.1 Å². The largest absolute Gasteiger partial charge is 0.466 e. The van der Waals surface area contributed by atoms with Gasteiger partial charge in [-0.3, -0.25) is 4.90 Å². The zero-order valence-corrected chi connectivity index (χ0v) is 20.0. The van der Waals surface area contributed by atoms with Crippen molar-refractivity contribution in [2.75, 3.05) is 19.1 Å². The van der Waals surface area contributed by atoms with Gasteiger partial charge in [0.1, 0.15) is 16.7 Å². The number of anilines is 1. The standard InChI is InChI=1S/C26H21ClN4O4/c1-14-8-10-16(11-9-14)31-22(26(33)35-3)21(25(32)34-2)20(18(13-28)24(31)29)17-12-15-6-4-5-7-19(15)30-23(17)27/h4-12,20H,29H2,1-3H3. The van der Waals surface area contributed by atoms with Crippen LogP contribution in [-0.4, -0.2) is 31.1 Å². The molecule has 0 radical (unpaired) electrons. The number of pyridine rings is 1. The molecule has 0 saturated heterocycles. The number of hydrogen-bond donors (Lipinski definition) is 1. The van der Waals surface area contributed by atoms with Crippen LogP contribution in [0.25, 0.3) is 10.9 Å². The number of nitrogens with two attached hydrogens (primary N) is 1. The van der Waals surface area contributed by atoms with Crippen molar-refractivity contribution < 1.29 is 19.1 Å². The number of fused-ring (bicyclic) bond motifs is 1. The summed E-state index contributed by atoms with van der Waals surface area (Å²) in [6.45, 7) is 1.90. The van der Waals surface area contributed by atoms with Crippen molar-refractivity contribution in [3.63, 3.8) is 0 Å². The highest BCUT2D eigenvalue weighted by molar-refractivity contribution is 6.31. The molecule has 0 aliphatic carbocycles. The molecule has 0 saturated carbocycles. The lowest BCUT2D eigenvalue weighted by atomic mass is 9.81. The van der Waals surface area contributed by atoms with E-state index >= 15 is 0 Å². The van der Waals surface area contributed by atoms with E-state index in [-0.39, 0.29) is 27.8 Å². The van der Waals surface area contributed by atoms with Crippen LogP contribution in [0.4, 0.5) is 5.69 Å². The summed E-state index contributed by atoms with van der Waals surface area (Å²) >= 11 is 6.56. The van der Waals surface area contributed by atoms with E-state index in [0.717, 1.165) is 10.9 Å². The Labute approximate surface area is 206 Å². The molecule has 4 rings (SSSR count). The molecular weight excluding hydrogens is 468 g/mol. The van der Waals surface area contributed by atoms with E-state index in [1.807, 2.05) is 37.3 Å². The summed E-state index contributed by atoms with van der Waals surface area (Å²) in [5, 5.41) is 11.0. The number of benzene rings is 2. The summed E-state index contributed by atoms with van der Waals surface area (Å²) in [6, 6.07) is 18.2. The molecule has 0 spiro atoms. The molecule has 9 heteroatoms. The Balaban J connectivity index is 2.09. The number of methoxy groups -OCH3 is 2. The topological polar surface area (TPSA) is 119 Å². The van der Waals surface area contributed by atoms with E-state index in [9.17, 15) is 14.9 Å². The van der Waals surface area contributed by atoms with E-state index in [0.29, 0.717) is 16.8 Å². The Hall–Kier alpha value is -4.35. The molecule has 35 heavy (non-hydrogen) atoms. The maximum Gasteiger partial charge on any atom is 0.355 e. The second kappa shape index (κ2) is 9.49. The van der Waals surface area contributed by atoms with Crippen molar-refractivity contribution >= 4 is 40.1 Å². The van der Waals surface area contributed by atoms with Gasteiger partial charge in [-0.25, -0.2) is 14.6 Å². The van der Waals surface area contributed by atoms with Crippen LogP contribution in [0.2, 0.25) is 5.15 Å². The van der Waals surface area contributed by atoms with Crippen LogP contribution in [0.3, 0.4) is 0 Å². The molecule has 176 valence electrons. The number of hydrogen-bond acceptors (Lipinski definition) is 8. The first-order valence-electron chi connectivity index (χ1n) is 10.5. The fourth-order valence-corrected chi connectivity index (χ4v) is 4.37. The van der Waals surface area contributed by atoms with Gasteiger partial charge in [0.25, 0.3) is 0 Å². The molecule has 3 aromatic rings. The van der Waals surface area contributed by atoms with Crippen LogP contribution in [0.15, 0.2) is 77.3 Å². The van der Waals surface area contributed by atoms with Gasteiger partial charge in [-0.15, -0.1) is 0 Å². The van der Waals surface area contributed by atoms with Gasteiger partial charge in [-0.05, 0) is 31.2 Å². The number of carbonyl (C=O) groups is 2. The molecule has 1 aliphatic rings. The summed E-state index contributed by atoms with van der Waals surface area (Å²) in [4.78, 5) is 32.1. The summed E-state index contributed by atoms with van der Waals surface area (Å²) in [7, 11) is 2.38. The number of allylic oxidation sites excluding steroid dienone is 1. The number of ether oxygens (including phenoxy) is 2. The zero-order valence-electron chi connectivity index (χ0n) is 19.2. The van der Waals surface area contributed by atoms with Gasteiger partial charge in [0.05, 0.1) is 42.9 Å². The lowest BCUT2D eigenvalue weighted by molar-refractivity contribution is -0.139. The number of halogens is 1. The number of nitrogens with zero attached hydrogens (tertiary/aromatic N) is 3. The third-order valence-electron chi connectivity index (χ3n) is 5.79. The number of rotatable bonds is 4. The molecule has 1 atom stereocenters. The van der Waals surface area contributed by atoms with Crippen molar-refractivity contribution in [3.8, 4) is 6.07 Å². The van der Waals surface area contributed by atoms with Crippen molar-refractivity contribution in [2.24, 2.45) is 5.73 Å². The number of nitriles is 1. The SMILES string of the molecule is COC(=O)C1=C(C(=O)OC)N(c2ccc(C)cc2)C(N)=C(C#N)C1c1cc2ccccc2nc1Cl. The van der Waals surface area contributed by atoms with E-state index in [2.05, 4.69) is 11.1 Å². The summed E-state index contributed by atoms with van der Waals surface area (Å²) in [5.74, 6) is -2.83. The van der Waals surface area contributed by atoms with Crippen molar-refractivity contribution in [1.29, 1.82) is 5.26 Å². The monoisotopic (exact) mass is 488 g/mol. The fourth-order valence-electron chi connectivity index (χ4n) is 4.12. The molecule has 2 aromatic carbocycles. The quantitative estimate of drug-likeness (QED) is 0.430. The highest BCUT2D eigenvalue weighted by Gasteiger charge is 2.44. The second-order valence-corrected chi connectivity index (χ2v) is 8.18. The van der Waals surface area contributed by atoms with Crippen molar-refractivity contribution in [2.45, 2.75) is 12.8 Å². The summed E-state index contributed by atoms with van der Waals surface area (Å²) in [5.41, 5.74) is 8.60. The molecule has 8 nitrogen and oxygen atoms in total. The maximum absolute atomic E-state index is 13.2. The Bertz CT molecular complexity index is 1450. The first kappa shape index (κ1) is 23.8. The van der Waals surface area contributed by atoms with E-state index < -0.39 is 17.9 Å². The van der Waals surface area contributed by atoms with E-state index in [1.54, 1.807) is 24.3 Å². The van der Waals surface area contributed by atoms with Gasteiger partial charge in [-0.2, -0.15) is 5.26 Å². The predicted octanol–water partition coefficient (Wildman–Crippen LogP) is 4.09. The van der Waals surface area contributed by atoms with E-state index in [1.165, 1.54) is 19.1 Å². The lowest BCUT2D eigenvalue weighted by Crippen LogP contribution is -2.40. The fraction of sp³-hybridized carbons (Fsp3) is 0.154. The van der Waals surface area contributed by atoms with Crippen LogP contribution >= 0.6 is 11.6 Å². The van der Waals surface area contributed by atoms with Crippen LogP contribution in [0.5, 0.6) is 0 Å². The molecular formula is C26H21ClN4O4. The summed E-state index contributed by atoms with van der Waals surface area (Å²) in [6.07, 6.45) is 0. The molecule has 0 fully saturated rings. The third-order valence-corrected chi connectivity index (χ3v) is 6.09. The summed E-state index contributed by atoms with van der Waals surface area (Å²) < 4.78 is 10.1. The van der Waals surface area contributed by atoms with Crippen LogP contribution < -0.4 is 10.6 Å². The van der Waals surface area contributed by atoms with Gasteiger partial charge in [0, 0.05) is 16.6 Å². The van der Waals surface area contributed by atoms with Gasteiger partial charge < -0.3 is 15.2 Å². The predicted molar refractivity (Wildman–Crippen MR) is 131 cm³/mol. The smallest absolute Gasteiger partial charge is 0.355 e. The average Bonchev–Trinajstić information content (AvgIpc) is 2.87. The first-order chi connectivity index (χ1) is 16.8. The zero-order chi connectivity index (χ0) is 25.3. The normalized spacial score (nSPS) is 15.7. The molecule has 0 amide bonds. The molecule has 2 heterocycles. The van der Waals surface area contributed by atoms with Crippen LogP contribution in [0, 0.1) is 18.3 Å². The number of esters is 2. The van der Waals surface area contributed by atoms with Crippen LogP contribution in [0.1, 0.15) is 17.0 Å². The molecule has 1 aromatic heterocycles. The third kappa shape index (κ3) is 4.07. The second-order valence-electron chi connectivity index (χ2n) is 7.82. The van der Waals surface area contributed by atoms with Gasteiger partial charge in [0.2, 0.25) is 0 Å². The van der Waals surface area contributed by atoms with Gasteiger partial charge >= 0.3 is 11.9 Å². The minimum atomic E-state index is -1.12. The molecule has 0 bridgehead atoms. The average molecular weight is 489 g/mol. The number of carbonyl (C=O) groups excluding carboxylic acids is 2. The highest BCUT2D eigenvalue weighted by atomic mass is 35.5. The lowest BCUT2D eigenvalue weighted by Gasteiger charge is -2.36. The highest BCUT2D eigenvalue weighted by Crippen LogP contribution is 2.45. The Kier molecular flexibility index (Phi) is 6.45. The first-order valence-corrected chi connectivity index (χ1v) is 10.9. The minimum Gasteiger partial charge on any atom is -0.466 e. The van der Waals surface area contributed by atoms with Crippen molar-refractivity contribution in [3.05, 3.63) is 93.5 Å². The Morgan fingerprint density at radius 3 is 2.37 bits per heavy atom. The maximum atomic E-state index is 13.2. The number of aromatic nitrogens is 1.